The van der Waals surface area contributed by atoms with Gasteiger partial charge in [0.25, 0.3) is 11.7 Å². The van der Waals surface area contributed by atoms with Gasteiger partial charge >= 0.3 is 0 Å². The summed E-state index contributed by atoms with van der Waals surface area (Å²) in [5, 5.41) is 10.9. The number of aliphatic hydroxyl groups is 1. The molecule has 3 aromatic rings. The van der Waals surface area contributed by atoms with Crippen LogP contribution in [0.3, 0.4) is 0 Å². The number of hydrogen-bond donors (Lipinski definition) is 1. The lowest BCUT2D eigenvalue weighted by Crippen LogP contribution is -2.29. The third-order valence-corrected chi connectivity index (χ3v) is 5.03. The molecule has 150 valence electrons. The van der Waals surface area contributed by atoms with Crippen LogP contribution in [0.1, 0.15) is 17.2 Å². The van der Waals surface area contributed by atoms with Crippen molar-refractivity contribution >= 4 is 23.1 Å². The van der Waals surface area contributed by atoms with Crippen LogP contribution in [0.25, 0.3) is 5.76 Å². The SMILES string of the molecule is COc1ccc(N2C(=O)C(=O)/C(=C(/O)c3ccccc3)[C@@H]2c2ccc(F)cc2)cc1. The van der Waals surface area contributed by atoms with E-state index < -0.39 is 23.5 Å². The van der Waals surface area contributed by atoms with Gasteiger partial charge < -0.3 is 9.84 Å². The molecule has 4 rings (SSSR count). The van der Waals surface area contributed by atoms with Gasteiger partial charge in [0.1, 0.15) is 17.3 Å². The molecule has 1 aliphatic heterocycles. The molecule has 0 aliphatic carbocycles. The summed E-state index contributed by atoms with van der Waals surface area (Å²) in [6, 6.07) is 19.8. The average molecular weight is 403 g/mol. The minimum absolute atomic E-state index is 0.0476. The van der Waals surface area contributed by atoms with E-state index in [2.05, 4.69) is 0 Å². The highest BCUT2D eigenvalue weighted by molar-refractivity contribution is 6.51. The molecule has 1 amide bonds. The predicted octanol–water partition coefficient (Wildman–Crippen LogP) is 4.46. The van der Waals surface area contributed by atoms with E-state index in [9.17, 15) is 19.1 Å². The smallest absolute Gasteiger partial charge is 0.300 e. The maximum atomic E-state index is 13.5. The lowest BCUT2D eigenvalue weighted by Gasteiger charge is -2.25. The first-order valence-electron chi connectivity index (χ1n) is 9.27. The molecule has 5 nitrogen and oxygen atoms in total. The van der Waals surface area contributed by atoms with Gasteiger partial charge in [-0.1, -0.05) is 42.5 Å². The number of benzene rings is 3. The van der Waals surface area contributed by atoms with Crippen LogP contribution in [-0.4, -0.2) is 23.9 Å². The fourth-order valence-electron chi connectivity index (χ4n) is 3.55. The zero-order valence-electron chi connectivity index (χ0n) is 16.1. The maximum Gasteiger partial charge on any atom is 0.300 e. The number of halogens is 1. The van der Waals surface area contributed by atoms with E-state index in [-0.39, 0.29) is 11.3 Å². The molecule has 1 heterocycles. The second-order valence-corrected chi connectivity index (χ2v) is 6.78. The molecular weight excluding hydrogens is 385 g/mol. The largest absolute Gasteiger partial charge is 0.507 e. The molecule has 0 saturated carbocycles. The lowest BCUT2D eigenvalue weighted by molar-refractivity contribution is -0.132. The first kappa shape index (κ1) is 19.4. The summed E-state index contributed by atoms with van der Waals surface area (Å²) in [6.45, 7) is 0. The van der Waals surface area contributed by atoms with Gasteiger partial charge in [0, 0.05) is 11.3 Å². The summed E-state index contributed by atoms with van der Waals surface area (Å²) >= 11 is 0. The Morgan fingerprint density at radius 2 is 1.57 bits per heavy atom. The number of hydrogen-bond acceptors (Lipinski definition) is 4. The Morgan fingerprint density at radius 1 is 0.933 bits per heavy atom. The third-order valence-electron chi connectivity index (χ3n) is 5.03. The highest BCUT2D eigenvalue weighted by Crippen LogP contribution is 2.42. The Balaban J connectivity index is 1.92. The van der Waals surface area contributed by atoms with E-state index in [1.807, 2.05) is 0 Å². The topological polar surface area (TPSA) is 66.8 Å². The molecule has 0 spiro atoms. The van der Waals surface area contributed by atoms with Crippen LogP contribution in [0.15, 0.2) is 84.4 Å². The Bertz CT molecular complexity index is 1120. The van der Waals surface area contributed by atoms with Crippen molar-refractivity contribution < 1.29 is 23.8 Å². The average Bonchev–Trinajstić information content (AvgIpc) is 3.05. The van der Waals surface area contributed by atoms with E-state index in [0.717, 1.165) is 0 Å². The van der Waals surface area contributed by atoms with Gasteiger partial charge in [0.15, 0.2) is 0 Å². The van der Waals surface area contributed by atoms with Crippen molar-refractivity contribution in [1.82, 2.24) is 0 Å². The Morgan fingerprint density at radius 3 is 2.17 bits per heavy atom. The van der Waals surface area contributed by atoms with Gasteiger partial charge in [-0.2, -0.15) is 0 Å². The Hall–Kier alpha value is -3.93. The molecule has 1 aliphatic rings. The summed E-state index contributed by atoms with van der Waals surface area (Å²) < 4.78 is 18.7. The minimum Gasteiger partial charge on any atom is -0.507 e. The number of amides is 1. The molecule has 1 N–H and O–H groups in total. The predicted molar refractivity (Wildman–Crippen MR) is 111 cm³/mol. The number of carbonyl (C=O) groups excluding carboxylic acids is 2. The lowest BCUT2D eigenvalue weighted by atomic mass is 9.95. The van der Waals surface area contributed by atoms with E-state index in [4.69, 9.17) is 4.74 Å². The highest BCUT2D eigenvalue weighted by Gasteiger charge is 2.46. The van der Waals surface area contributed by atoms with E-state index in [1.54, 1.807) is 54.6 Å². The molecule has 30 heavy (non-hydrogen) atoms. The number of rotatable bonds is 4. The van der Waals surface area contributed by atoms with Crippen LogP contribution in [0.4, 0.5) is 10.1 Å². The second-order valence-electron chi connectivity index (χ2n) is 6.78. The van der Waals surface area contributed by atoms with Crippen molar-refractivity contribution in [2.75, 3.05) is 12.0 Å². The number of nitrogens with zero attached hydrogens (tertiary/aromatic N) is 1. The van der Waals surface area contributed by atoms with Crippen molar-refractivity contribution in [3.8, 4) is 5.75 Å². The van der Waals surface area contributed by atoms with Gasteiger partial charge in [0.2, 0.25) is 0 Å². The first-order valence-corrected chi connectivity index (χ1v) is 9.27. The van der Waals surface area contributed by atoms with Crippen LogP contribution < -0.4 is 9.64 Å². The molecule has 0 unspecified atom stereocenters. The van der Waals surface area contributed by atoms with E-state index in [1.165, 1.54) is 36.3 Å². The maximum absolute atomic E-state index is 13.5. The fourth-order valence-corrected chi connectivity index (χ4v) is 3.55. The number of anilines is 1. The Kier molecular flexibility index (Phi) is 5.06. The summed E-state index contributed by atoms with van der Waals surface area (Å²) in [4.78, 5) is 27.3. The quantitative estimate of drug-likeness (QED) is 0.397. The molecule has 1 saturated heterocycles. The zero-order chi connectivity index (χ0) is 21.3. The van der Waals surface area contributed by atoms with Crippen LogP contribution in [0.2, 0.25) is 0 Å². The molecular formula is C24H18FNO4. The number of ether oxygens (including phenoxy) is 1. The summed E-state index contributed by atoms with van der Waals surface area (Å²) in [6.07, 6.45) is 0. The molecule has 0 aromatic heterocycles. The number of aliphatic hydroxyl groups excluding tert-OH is 1. The van der Waals surface area contributed by atoms with E-state index >= 15 is 0 Å². The molecule has 1 atom stereocenters. The van der Waals surface area contributed by atoms with Gasteiger partial charge in [-0.3, -0.25) is 14.5 Å². The van der Waals surface area contributed by atoms with Crippen molar-refractivity contribution in [2.24, 2.45) is 0 Å². The molecule has 0 radical (unpaired) electrons. The molecule has 6 heteroatoms. The number of carbonyl (C=O) groups is 2. The fraction of sp³-hybridized carbons (Fsp3) is 0.0833. The van der Waals surface area contributed by atoms with Crippen LogP contribution in [-0.2, 0) is 9.59 Å². The number of ketones is 1. The zero-order valence-corrected chi connectivity index (χ0v) is 16.1. The van der Waals surface area contributed by atoms with Crippen LogP contribution in [0.5, 0.6) is 5.75 Å². The highest BCUT2D eigenvalue weighted by atomic mass is 19.1. The summed E-state index contributed by atoms with van der Waals surface area (Å²) in [5.74, 6) is -1.70. The number of Topliss-reactive ketones (excluding diaryl/α,β-unsaturated/α-hetero) is 1. The van der Waals surface area contributed by atoms with Crippen molar-refractivity contribution in [3.63, 3.8) is 0 Å². The molecule has 1 fully saturated rings. The molecule has 3 aromatic carbocycles. The van der Waals surface area contributed by atoms with Gasteiger partial charge in [-0.25, -0.2) is 4.39 Å². The van der Waals surface area contributed by atoms with Gasteiger partial charge in [-0.05, 0) is 42.0 Å². The second kappa shape index (κ2) is 7.83. The summed E-state index contributed by atoms with van der Waals surface area (Å²) in [7, 11) is 1.53. The Labute approximate surface area is 172 Å². The minimum atomic E-state index is -0.904. The first-order chi connectivity index (χ1) is 14.5. The molecule has 0 bridgehead atoms. The standard InChI is InChI=1S/C24H18FNO4/c1-30-19-13-11-18(12-14-19)26-21(15-7-9-17(25)10-8-15)20(23(28)24(26)29)22(27)16-5-3-2-4-6-16/h2-14,21,27H,1H3/b22-20+/t21-/m0/s1. The third kappa shape index (κ3) is 3.33. The van der Waals surface area contributed by atoms with Crippen molar-refractivity contribution in [3.05, 3.63) is 101 Å². The monoisotopic (exact) mass is 403 g/mol. The van der Waals surface area contributed by atoms with Gasteiger partial charge in [0.05, 0.1) is 18.7 Å². The van der Waals surface area contributed by atoms with Crippen LogP contribution in [0, 0.1) is 5.82 Å². The van der Waals surface area contributed by atoms with Gasteiger partial charge in [-0.15, -0.1) is 0 Å². The summed E-state index contributed by atoms with van der Waals surface area (Å²) in [5.41, 5.74) is 1.33. The van der Waals surface area contributed by atoms with Crippen molar-refractivity contribution in [1.29, 1.82) is 0 Å². The van der Waals surface area contributed by atoms with E-state index in [0.29, 0.717) is 22.6 Å². The normalized spacial score (nSPS) is 17.9. The number of methoxy groups -OCH3 is 1. The van der Waals surface area contributed by atoms with Crippen molar-refractivity contribution in [2.45, 2.75) is 6.04 Å². The van der Waals surface area contributed by atoms with Crippen LogP contribution >= 0.6 is 0 Å².